The Bertz CT molecular complexity index is 566. The fraction of sp³-hybridized carbons (Fsp3) is 0.400. The summed E-state index contributed by atoms with van der Waals surface area (Å²) in [5, 5.41) is 3.20. The summed E-state index contributed by atoms with van der Waals surface area (Å²) in [5.41, 5.74) is 1.38. The topological polar surface area (TPSA) is 29.9 Å². The van der Waals surface area contributed by atoms with E-state index in [0.717, 1.165) is 30.8 Å². The molecular weight excluding hydrogens is 260 g/mol. The number of imidazole rings is 1. The Morgan fingerprint density at radius 3 is 2.90 bits per heavy atom. The maximum Gasteiger partial charge on any atom is 0.128 e. The van der Waals surface area contributed by atoms with Crippen LogP contribution in [0.5, 0.6) is 0 Å². The second-order valence-electron chi connectivity index (χ2n) is 4.85. The van der Waals surface area contributed by atoms with Gasteiger partial charge in [0.25, 0.3) is 0 Å². The highest BCUT2D eigenvalue weighted by molar-refractivity contribution is 5.21. The predicted octanol–water partition coefficient (Wildman–Crippen LogP) is 3.42. The monoisotopic (exact) mass is 279 g/mol. The summed E-state index contributed by atoms with van der Waals surface area (Å²) >= 11 is 0. The van der Waals surface area contributed by atoms with Crippen LogP contribution in [-0.4, -0.2) is 9.55 Å². The first-order valence-corrected chi connectivity index (χ1v) is 6.79. The number of aryl methyl sites for hydroxylation is 1. The number of halogens is 2. The van der Waals surface area contributed by atoms with Crippen molar-refractivity contribution in [3.8, 4) is 0 Å². The van der Waals surface area contributed by atoms with Crippen LogP contribution in [-0.2, 0) is 13.1 Å². The summed E-state index contributed by atoms with van der Waals surface area (Å²) in [6, 6.07) is 3.25. The zero-order valence-corrected chi connectivity index (χ0v) is 11.7. The molecule has 2 aromatic rings. The molecule has 2 rings (SSSR count). The summed E-state index contributed by atoms with van der Waals surface area (Å²) < 4.78 is 28.9. The summed E-state index contributed by atoms with van der Waals surface area (Å²) in [5.74, 6) is -0.820. The second kappa shape index (κ2) is 6.61. The van der Waals surface area contributed by atoms with Crippen LogP contribution in [0, 0.1) is 11.6 Å². The first-order valence-electron chi connectivity index (χ1n) is 6.79. The fourth-order valence-corrected chi connectivity index (χ4v) is 2.15. The molecule has 0 bridgehead atoms. The molecule has 20 heavy (non-hydrogen) atoms. The molecule has 3 nitrogen and oxygen atoms in total. The standard InChI is InChI=1S/C15H19F2N3/c1-3-6-20-10-18-8-13(20)9-19-11(2)14-7-12(16)4-5-15(14)17/h4-5,7-8,10-11,19H,3,6,9H2,1-2H3. The predicted molar refractivity (Wildman–Crippen MR) is 74.1 cm³/mol. The number of rotatable bonds is 6. The minimum Gasteiger partial charge on any atom is -0.333 e. The van der Waals surface area contributed by atoms with Gasteiger partial charge in [-0.3, -0.25) is 0 Å². The van der Waals surface area contributed by atoms with Crippen molar-refractivity contribution < 1.29 is 8.78 Å². The fourth-order valence-electron chi connectivity index (χ4n) is 2.15. The van der Waals surface area contributed by atoms with Crippen LogP contribution >= 0.6 is 0 Å². The van der Waals surface area contributed by atoms with E-state index in [0.29, 0.717) is 12.1 Å². The van der Waals surface area contributed by atoms with Gasteiger partial charge in [0.15, 0.2) is 0 Å². The average molecular weight is 279 g/mol. The largest absolute Gasteiger partial charge is 0.333 e. The lowest BCUT2D eigenvalue weighted by Crippen LogP contribution is -2.21. The van der Waals surface area contributed by atoms with Crippen LogP contribution in [0.15, 0.2) is 30.7 Å². The highest BCUT2D eigenvalue weighted by atomic mass is 19.1. The van der Waals surface area contributed by atoms with Crippen molar-refractivity contribution in [2.24, 2.45) is 0 Å². The third kappa shape index (κ3) is 3.42. The maximum absolute atomic E-state index is 13.7. The van der Waals surface area contributed by atoms with Crippen LogP contribution in [0.3, 0.4) is 0 Å². The van der Waals surface area contributed by atoms with Crippen LogP contribution in [0.2, 0.25) is 0 Å². The summed E-state index contributed by atoms with van der Waals surface area (Å²) in [7, 11) is 0. The quantitative estimate of drug-likeness (QED) is 0.878. The van der Waals surface area contributed by atoms with Gasteiger partial charge in [-0.2, -0.15) is 0 Å². The molecule has 0 saturated carbocycles. The van der Waals surface area contributed by atoms with Crippen molar-refractivity contribution in [2.75, 3.05) is 0 Å². The smallest absolute Gasteiger partial charge is 0.128 e. The van der Waals surface area contributed by atoms with Gasteiger partial charge in [-0.15, -0.1) is 0 Å². The van der Waals surface area contributed by atoms with E-state index in [4.69, 9.17) is 0 Å². The lowest BCUT2D eigenvalue weighted by atomic mass is 10.1. The molecule has 0 aliphatic rings. The number of hydrogen-bond acceptors (Lipinski definition) is 2. The number of nitrogens with one attached hydrogen (secondary N) is 1. The number of aromatic nitrogens is 2. The van der Waals surface area contributed by atoms with E-state index in [9.17, 15) is 8.78 Å². The van der Waals surface area contributed by atoms with E-state index >= 15 is 0 Å². The van der Waals surface area contributed by atoms with Gasteiger partial charge in [-0.05, 0) is 31.5 Å². The highest BCUT2D eigenvalue weighted by Crippen LogP contribution is 2.18. The Hall–Kier alpha value is -1.75. The van der Waals surface area contributed by atoms with E-state index in [1.165, 1.54) is 6.07 Å². The Morgan fingerprint density at radius 1 is 1.35 bits per heavy atom. The third-order valence-electron chi connectivity index (χ3n) is 3.28. The third-order valence-corrected chi connectivity index (χ3v) is 3.28. The molecule has 1 N–H and O–H groups in total. The Balaban J connectivity index is 2.03. The normalized spacial score (nSPS) is 12.6. The number of nitrogens with zero attached hydrogens (tertiary/aromatic N) is 2. The van der Waals surface area contributed by atoms with Crippen molar-refractivity contribution >= 4 is 0 Å². The van der Waals surface area contributed by atoms with Crippen molar-refractivity contribution in [3.63, 3.8) is 0 Å². The molecule has 0 aliphatic heterocycles. The highest BCUT2D eigenvalue weighted by Gasteiger charge is 2.12. The van der Waals surface area contributed by atoms with E-state index in [1.54, 1.807) is 12.5 Å². The molecule has 0 saturated heterocycles. The van der Waals surface area contributed by atoms with E-state index in [1.807, 2.05) is 6.92 Å². The molecule has 1 heterocycles. The zero-order valence-electron chi connectivity index (χ0n) is 11.7. The molecule has 1 aromatic carbocycles. The second-order valence-corrected chi connectivity index (χ2v) is 4.85. The van der Waals surface area contributed by atoms with Gasteiger partial charge in [0.1, 0.15) is 11.6 Å². The molecule has 1 atom stereocenters. The van der Waals surface area contributed by atoms with Crippen LogP contribution in [0.1, 0.15) is 37.6 Å². The maximum atomic E-state index is 13.7. The number of benzene rings is 1. The first-order chi connectivity index (χ1) is 9.61. The average Bonchev–Trinajstić information content (AvgIpc) is 2.87. The van der Waals surface area contributed by atoms with Gasteiger partial charge >= 0.3 is 0 Å². The van der Waals surface area contributed by atoms with Gasteiger partial charge in [0.05, 0.1) is 12.0 Å². The van der Waals surface area contributed by atoms with Crippen molar-refractivity contribution in [1.82, 2.24) is 14.9 Å². The van der Waals surface area contributed by atoms with Gasteiger partial charge < -0.3 is 9.88 Å². The van der Waals surface area contributed by atoms with E-state index in [2.05, 4.69) is 21.8 Å². The summed E-state index contributed by atoms with van der Waals surface area (Å²) in [4.78, 5) is 4.11. The summed E-state index contributed by atoms with van der Waals surface area (Å²) in [6.07, 6.45) is 4.60. The Labute approximate surface area is 117 Å². The number of hydrogen-bond donors (Lipinski definition) is 1. The van der Waals surface area contributed by atoms with Crippen molar-refractivity contribution in [3.05, 3.63) is 53.6 Å². The van der Waals surface area contributed by atoms with Gasteiger partial charge in [0, 0.05) is 30.9 Å². The van der Waals surface area contributed by atoms with E-state index < -0.39 is 11.6 Å². The van der Waals surface area contributed by atoms with Crippen molar-refractivity contribution in [2.45, 2.75) is 39.4 Å². The molecule has 1 unspecified atom stereocenters. The lowest BCUT2D eigenvalue weighted by Gasteiger charge is -2.16. The van der Waals surface area contributed by atoms with Gasteiger partial charge in [-0.1, -0.05) is 6.92 Å². The van der Waals surface area contributed by atoms with Gasteiger partial charge in [-0.25, -0.2) is 13.8 Å². The SMILES string of the molecule is CCCn1cncc1CNC(C)c1cc(F)ccc1F. The van der Waals surface area contributed by atoms with Crippen molar-refractivity contribution in [1.29, 1.82) is 0 Å². The zero-order chi connectivity index (χ0) is 14.5. The van der Waals surface area contributed by atoms with Crippen LogP contribution < -0.4 is 5.32 Å². The molecule has 0 amide bonds. The minimum absolute atomic E-state index is 0.268. The molecule has 5 heteroatoms. The molecule has 0 radical (unpaired) electrons. The van der Waals surface area contributed by atoms with Gasteiger partial charge in [0.2, 0.25) is 0 Å². The Morgan fingerprint density at radius 2 is 2.15 bits per heavy atom. The summed E-state index contributed by atoms with van der Waals surface area (Å²) in [6.45, 7) is 5.39. The molecular formula is C15H19F2N3. The molecule has 1 aromatic heterocycles. The molecule has 0 fully saturated rings. The van der Waals surface area contributed by atoms with Crippen LogP contribution in [0.25, 0.3) is 0 Å². The Kier molecular flexibility index (Phi) is 4.84. The lowest BCUT2D eigenvalue weighted by molar-refractivity contribution is 0.505. The first kappa shape index (κ1) is 14.7. The molecule has 0 spiro atoms. The van der Waals surface area contributed by atoms with E-state index in [-0.39, 0.29) is 6.04 Å². The minimum atomic E-state index is -0.425. The molecule has 0 aliphatic carbocycles. The molecule has 108 valence electrons. The van der Waals surface area contributed by atoms with Crippen LogP contribution in [0.4, 0.5) is 8.78 Å².